The molecule has 17 heavy (non-hydrogen) atoms. The fourth-order valence-electron chi connectivity index (χ4n) is 1.27. The van der Waals surface area contributed by atoms with Gasteiger partial charge in [-0.1, -0.05) is 6.92 Å². The lowest BCUT2D eigenvalue weighted by molar-refractivity contribution is 0.466. The SMILES string of the molecule is CCc1cnc(CNc2cn[nH]c(=O)c2Br)o1. The Morgan fingerprint density at radius 2 is 2.35 bits per heavy atom. The van der Waals surface area contributed by atoms with E-state index in [9.17, 15) is 4.79 Å². The highest BCUT2D eigenvalue weighted by Gasteiger charge is 2.06. The largest absolute Gasteiger partial charge is 0.444 e. The van der Waals surface area contributed by atoms with Crippen LogP contribution < -0.4 is 10.9 Å². The smallest absolute Gasteiger partial charge is 0.280 e. The van der Waals surface area contributed by atoms with Crippen LogP contribution in [0.2, 0.25) is 0 Å². The van der Waals surface area contributed by atoms with Crippen LogP contribution in [-0.4, -0.2) is 15.2 Å². The van der Waals surface area contributed by atoms with Crippen molar-refractivity contribution in [3.05, 3.63) is 38.9 Å². The van der Waals surface area contributed by atoms with Gasteiger partial charge in [0.2, 0.25) is 5.89 Å². The molecule has 2 aromatic rings. The van der Waals surface area contributed by atoms with Crippen molar-refractivity contribution in [3.63, 3.8) is 0 Å². The standard InChI is InChI=1S/C10H11BrN4O2/c1-2-6-3-13-8(17-6)5-12-7-4-14-15-10(16)9(7)11/h3-4H,2,5H2,1H3,(H2,12,15,16). The summed E-state index contributed by atoms with van der Waals surface area (Å²) in [5.74, 6) is 1.42. The van der Waals surface area contributed by atoms with E-state index >= 15 is 0 Å². The third-order valence-electron chi connectivity index (χ3n) is 2.18. The summed E-state index contributed by atoms with van der Waals surface area (Å²) in [6.45, 7) is 2.40. The maximum atomic E-state index is 11.3. The van der Waals surface area contributed by atoms with E-state index < -0.39 is 0 Å². The number of H-pyrrole nitrogens is 1. The Morgan fingerprint density at radius 3 is 3.06 bits per heavy atom. The van der Waals surface area contributed by atoms with E-state index in [4.69, 9.17) is 4.42 Å². The minimum Gasteiger partial charge on any atom is -0.444 e. The molecule has 0 radical (unpaired) electrons. The van der Waals surface area contributed by atoms with Gasteiger partial charge >= 0.3 is 0 Å². The molecule has 2 heterocycles. The minimum atomic E-state index is -0.281. The minimum absolute atomic E-state index is 0.281. The monoisotopic (exact) mass is 298 g/mol. The van der Waals surface area contributed by atoms with E-state index in [1.807, 2.05) is 6.92 Å². The molecule has 0 aliphatic heterocycles. The molecule has 0 saturated carbocycles. The topological polar surface area (TPSA) is 83.8 Å². The normalized spacial score (nSPS) is 10.5. The number of aromatic nitrogens is 3. The molecule has 0 bridgehead atoms. The Hall–Kier alpha value is -1.63. The number of oxazole rings is 1. The number of anilines is 1. The zero-order valence-electron chi connectivity index (χ0n) is 9.16. The Balaban J connectivity index is 2.07. The van der Waals surface area contributed by atoms with Crippen LogP contribution in [0.1, 0.15) is 18.6 Å². The lowest BCUT2D eigenvalue weighted by Gasteiger charge is -2.04. The Bertz CT molecular complexity index is 563. The summed E-state index contributed by atoms with van der Waals surface area (Å²) in [4.78, 5) is 15.4. The van der Waals surface area contributed by atoms with Crippen molar-refractivity contribution in [2.24, 2.45) is 0 Å². The molecule has 0 aliphatic carbocycles. The van der Waals surface area contributed by atoms with E-state index in [0.29, 0.717) is 22.6 Å². The van der Waals surface area contributed by atoms with Gasteiger partial charge in [0.25, 0.3) is 5.56 Å². The molecule has 0 spiro atoms. The van der Waals surface area contributed by atoms with Gasteiger partial charge in [0.05, 0.1) is 24.6 Å². The fourth-order valence-corrected chi connectivity index (χ4v) is 1.60. The summed E-state index contributed by atoms with van der Waals surface area (Å²) >= 11 is 3.18. The van der Waals surface area contributed by atoms with Crippen molar-refractivity contribution in [3.8, 4) is 0 Å². The second kappa shape index (κ2) is 5.13. The van der Waals surface area contributed by atoms with Crippen molar-refractivity contribution in [1.29, 1.82) is 0 Å². The summed E-state index contributed by atoms with van der Waals surface area (Å²) in [6.07, 6.45) is 4.03. The first-order chi connectivity index (χ1) is 8.20. The molecule has 0 saturated heterocycles. The second-order valence-electron chi connectivity index (χ2n) is 3.35. The molecule has 7 heteroatoms. The van der Waals surface area contributed by atoms with Crippen LogP contribution in [0.4, 0.5) is 5.69 Å². The van der Waals surface area contributed by atoms with Crippen LogP contribution in [0.5, 0.6) is 0 Å². The van der Waals surface area contributed by atoms with Crippen molar-refractivity contribution in [2.45, 2.75) is 19.9 Å². The summed E-state index contributed by atoms with van der Waals surface area (Å²) in [5, 5.41) is 9.04. The average molecular weight is 299 g/mol. The summed E-state index contributed by atoms with van der Waals surface area (Å²) in [5.41, 5.74) is 0.321. The van der Waals surface area contributed by atoms with E-state index in [-0.39, 0.29) is 5.56 Å². The van der Waals surface area contributed by atoms with E-state index in [1.165, 1.54) is 6.20 Å². The molecule has 0 aromatic carbocycles. The number of aryl methyl sites for hydroxylation is 1. The highest BCUT2D eigenvalue weighted by molar-refractivity contribution is 9.10. The summed E-state index contributed by atoms with van der Waals surface area (Å²) < 4.78 is 5.84. The first kappa shape index (κ1) is 11.8. The van der Waals surface area contributed by atoms with Crippen molar-refractivity contribution < 1.29 is 4.42 Å². The molecule has 0 aliphatic rings. The first-order valence-corrected chi connectivity index (χ1v) is 5.90. The van der Waals surface area contributed by atoms with Crippen LogP contribution >= 0.6 is 15.9 Å². The highest BCUT2D eigenvalue weighted by Crippen LogP contribution is 2.16. The molecule has 6 nitrogen and oxygen atoms in total. The first-order valence-electron chi connectivity index (χ1n) is 5.11. The molecular weight excluding hydrogens is 288 g/mol. The number of hydrogen-bond acceptors (Lipinski definition) is 5. The molecule has 90 valence electrons. The molecule has 0 unspecified atom stereocenters. The molecule has 2 N–H and O–H groups in total. The fraction of sp³-hybridized carbons (Fsp3) is 0.300. The zero-order valence-corrected chi connectivity index (χ0v) is 10.7. The maximum Gasteiger partial charge on any atom is 0.280 e. The van der Waals surface area contributed by atoms with Gasteiger partial charge in [0, 0.05) is 6.42 Å². The van der Waals surface area contributed by atoms with Gasteiger partial charge in [-0.05, 0) is 15.9 Å². The van der Waals surface area contributed by atoms with Gasteiger partial charge in [-0.15, -0.1) is 0 Å². The lowest BCUT2D eigenvalue weighted by atomic mass is 10.4. The molecule has 0 fully saturated rings. The predicted molar refractivity (Wildman–Crippen MR) is 65.8 cm³/mol. The number of aromatic amines is 1. The predicted octanol–water partition coefficient (Wildman–Crippen LogP) is 1.69. The van der Waals surface area contributed by atoms with Gasteiger partial charge < -0.3 is 9.73 Å². The molecule has 0 amide bonds. The van der Waals surface area contributed by atoms with E-state index in [1.54, 1.807) is 6.20 Å². The van der Waals surface area contributed by atoms with Crippen LogP contribution in [0.3, 0.4) is 0 Å². The Labute approximate surface area is 106 Å². The Kier molecular flexibility index (Phi) is 3.58. The van der Waals surface area contributed by atoms with Crippen molar-refractivity contribution >= 4 is 21.6 Å². The van der Waals surface area contributed by atoms with Gasteiger partial charge in [-0.2, -0.15) is 5.10 Å². The summed E-state index contributed by atoms with van der Waals surface area (Å²) in [7, 11) is 0. The van der Waals surface area contributed by atoms with Crippen LogP contribution in [0.15, 0.2) is 26.1 Å². The molecule has 2 rings (SSSR count). The number of nitrogens with one attached hydrogen (secondary N) is 2. The van der Waals surface area contributed by atoms with Crippen LogP contribution in [0, 0.1) is 0 Å². The van der Waals surface area contributed by atoms with E-state index in [0.717, 1.165) is 12.2 Å². The third kappa shape index (κ3) is 2.73. The van der Waals surface area contributed by atoms with Gasteiger partial charge in [0.15, 0.2) is 0 Å². The van der Waals surface area contributed by atoms with Crippen molar-refractivity contribution in [1.82, 2.24) is 15.2 Å². The maximum absolute atomic E-state index is 11.3. The number of hydrogen-bond donors (Lipinski definition) is 2. The molecular formula is C10H11BrN4O2. The summed E-state index contributed by atoms with van der Waals surface area (Å²) in [6, 6.07) is 0. The van der Waals surface area contributed by atoms with Gasteiger partial charge in [-0.25, -0.2) is 10.1 Å². The third-order valence-corrected chi connectivity index (χ3v) is 2.96. The van der Waals surface area contributed by atoms with Crippen LogP contribution in [0.25, 0.3) is 0 Å². The number of nitrogens with zero attached hydrogens (tertiary/aromatic N) is 2. The van der Waals surface area contributed by atoms with Crippen LogP contribution in [-0.2, 0) is 13.0 Å². The van der Waals surface area contributed by atoms with Crippen molar-refractivity contribution in [2.75, 3.05) is 5.32 Å². The lowest BCUT2D eigenvalue weighted by Crippen LogP contribution is -2.12. The number of rotatable bonds is 4. The quantitative estimate of drug-likeness (QED) is 0.897. The molecule has 2 aromatic heterocycles. The second-order valence-corrected chi connectivity index (χ2v) is 4.15. The van der Waals surface area contributed by atoms with Gasteiger partial charge in [0.1, 0.15) is 10.2 Å². The zero-order chi connectivity index (χ0) is 12.3. The average Bonchev–Trinajstić information content (AvgIpc) is 2.79. The Morgan fingerprint density at radius 1 is 1.53 bits per heavy atom. The van der Waals surface area contributed by atoms with Gasteiger partial charge in [-0.3, -0.25) is 4.79 Å². The molecule has 0 atom stereocenters. The van der Waals surface area contributed by atoms with E-state index in [2.05, 4.69) is 36.4 Å². The highest BCUT2D eigenvalue weighted by atomic mass is 79.9. The number of halogens is 1.